The molecule has 0 aromatic heterocycles. The molecule has 0 amide bonds. The van der Waals surface area contributed by atoms with E-state index in [4.69, 9.17) is 14.7 Å². The molecule has 1 N–H and O–H groups in total. The van der Waals surface area contributed by atoms with Crippen LogP contribution in [0, 0.1) is 11.3 Å². The lowest BCUT2D eigenvalue weighted by atomic mass is 10.1. The highest BCUT2D eigenvalue weighted by atomic mass is 16.5. The van der Waals surface area contributed by atoms with Crippen molar-refractivity contribution < 1.29 is 9.47 Å². The van der Waals surface area contributed by atoms with Crippen molar-refractivity contribution in [3.8, 4) is 17.6 Å². The predicted molar refractivity (Wildman–Crippen MR) is 75.3 cm³/mol. The van der Waals surface area contributed by atoms with Gasteiger partial charge in [-0.05, 0) is 19.4 Å². The van der Waals surface area contributed by atoms with Gasteiger partial charge in [-0.2, -0.15) is 5.26 Å². The SMILES string of the molecule is CCOc1cccc(CNC(CC)CC#N)c1OC. The number of nitrogens with zero attached hydrogens (tertiary/aromatic N) is 1. The van der Waals surface area contributed by atoms with Gasteiger partial charge in [-0.25, -0.2) is 0 Å². The van der Waals surface area contributed by atoms with Gasteiger partial charge in [-0.15, -0.1) is 0 Å². The molecule has 1 rings (SSSR count). The molecular weight excluding hydrogens is 240 g/mol. The van der Waals surface area contributed by atoms with Crippen LogP contribution in [0.4, 0.5) is 0 Å². The summed E-state index contributed by atoms with van der Waals surface area (Å²) < 4.78 is 11.0. The van der Waals surface area contributed by atoms with Crippen LogP contribution in [0.3, 0.4) is 0 Å². The third kappa shape index (κ3) is 4.46. The molecule has 0 aliphatic heterocycles. The van der Waals surface area contributed by atoms with Crippen LogP contribution in [0.1, 0.15) is 32.3 Å². The van der Waals surface area contributed by atoms with Crippen molar-refractivity contribution in [2.45, 2.75) is 39.3 Å². The maximum Gasteiger partial charge on any atom is 0.165 e. The number of rotatable bonds is 8. The Labute approximate surface area is 115 Å². The van der Waals surface area contributed by atoms with Crippen LogP contribution in [-0.2, 0) is 6.54 Å². The van der Waals surface area contributed by atoms with Crippen molar-refractivity contribution in [3.63, 3.8) is 0 Å². The largest absolute Gasteiger partial charge is 0.493 e. The standard InChI is InChI=1S/C15H22N2O2/c1-4-13(9-10-16)17-11-12-7-6-8-14(19-5-2)15(12)18-3/h6-8,13,17H,4-5,9,11H2,1-3H3. The molecule has 0 radical (unpaired) electrons. The van der Waals surface area contributed by atoms with Crippen molar-refractivity contribution in [2.24, 2.45) is 0 Å². The molecule has 1 aromatic rings. The lowest BCUT2D eigenvalue weighted by Gasteiger charge is -2.17. The maximum absolute atomic E-state index is 8.75. The zero-order valence-corrected chi connectivity index (χ0v) is 11.9. The summed E-state index contributed by atoms with van der Waals surface area (Å²) in [5.41, 5.74) is 1.05. The first kappa shape index (κ1) is 15.3. The van der Waals surface area contributed by atoms with E-state index >= 15 is 0 Å². The molecule has 0 saturated carbocycles. The fourth-order valence-corrected chi connectivity index (χ4v) is 1.93. The Bertz CT molecular complexity index is 427. The first-order valence-corrected chi connectivity index (χ1v) is 6.65. The van der Waals surface area contributed by atoms with Gasteiger partial charge in [0.05, 0.1) is 26.2 Å². The molecule has 0 aliphatic rings. The Hall–Kier alpha value is -1.73. The zero-order chi connectivity index (χ0) is 14.1. The molecule has 4 nitrogen and oxygen atoms in total. The maximum atomic E-state index is 8.75. The minimum Gasteiger partial charge on any atom is -0.493 e. The normalized spacial score (nSPS) is 11.7. The van der Waals surface area contributed by atoms with E-state index in [1.807, 2.05) is 25.1 Å². The highest BCUT2D eigenvalue weighted by Crippen LogP contribution is 2.31. The summed E-state index contributed by atoms with van der Waals surface area (Å²) in [6, 6.07) is 8.27. The van der Waals surface area contributed by atoms with E-state index in [1.165, 1.54) is 0 Å². The third-order valence-electron chi connectivity index (χ3n) is 2.98. The molecule has 0 bridgehead atoms. The summed E-state index contributed by atoms with van der Waals surface area (Å²) in [4.78, 5) is 0. The molecule has 4 heteroatoms. The van der Waals surface area contributed by atoms with Crippen LogP contribution in [0.5, 0.6) is 11.5 Å². The summed E-state index contributed by atoms with van der Waals surface area (Å²) in [6.07, 6.45) is 1.45. The lowest BCUT2D eigenvalue weighted by molar-refractivity contribution is 0.308. The van der Waals surface area contributed by atoms with E-state index in [1.54, 1.807) is 7.11 Å². The van der Waals surface area contributed by atoms with Gasteiger partial charge in [-0.3, -0.25) is 0 Å². The Balaban J connectivity index is 2.77. The predicted octanol–water partition coefficient (Wildman–Crippen LogP) is 2.88. The van der Waals surface area contributed by atoms with Crippen molar-refractivity contribution in [3.05, 3.63) is 23.8 Å². The molecule has 104 valence electrons. The first-order chi connectivity index (χ1) is 9.26. The number of nitrogens with one attached hydrogen (secondary N) is 1. The highest BCUT2D eigenvalue weighted by Gasteiger charge is 2.11. The van der Waals surface area contributed by atoms with Crippen LogP contribution in [0.15, 0.2) is 18.2 Å². The van der Waals surface area contributed by atoms with Crippen molar-refractivity contribution in [1.29, 1.82) is 5.26 Å². The molecule has 0 fully saturated rings. The number of hydrogen-bond acceptors (Lipinski definition) is 4. The molecule has 0 saturated heterocycles. The number of methoxy groups -OCH3 is 1. The average molecular weight is 262 g/mol. The number of ether oxygens (including phenoxy) is 2. The summed E-state index contributed by atoms with van der Waals surface area (Å²) >= 11 is 0. The first-order valence-electron chi connectivity index (χ1n) is 6.65. The Morgan fingerprint density at radius 2 is 2.16 bits per heavy atom. The van der Waals surface area contributed by atoms with Gasteiger partial charge in [0.25, 0.3) is 0 Å². The molecule has 19 heavy (non-hydrogen) atoms. The van der Waals surface area contributed by atoms with E-state index < -0.39 is 0 Å². The molecule has 0 heterocycles. The average Bonchev–Trinajstić information content (AvgIpc) is 2.44. The van der Waals surface area contributed by atoms with Crippen molar-refractivity contribution >= 4 is 0 Å². The molecule has 1 atom stereocenters. The monoisotopic (exact) mass is 262 g/mol. The number of hydrogen-bond donors (Lipinski definition) is 1. The van der Waals surface area contributed by atoms with Gasteiger partial charge in [0.1, 0.15) is 0 Å². The Kier molecular flexibility index (Phi) is 6.76. The fraction of sp³-hybridized carbons (Fsp3) is 0.533. The van der Waals surface area contributed by atoms with Gasteiger partial charge in [0, 0.05) is 18.2 Å². The van der Waals surface area contributed by atoms with Crippen LogP contribution in [0.25, 0.3) is 0 Å². The molecule has 1 unspecified atom stereocenters. The lowest BCUT2D eigenvalue weighted by Crippen LogP contribution is -2.27. The van der Waals surface area contributed by atoms with E-state index in [0.29, 0.717) is 19.6 Å². The van der Waals surface area contributed by atoms with E-state index in [2.05, 4.69) is 18.3 Å². The van der Waals surface area contributed by atoms with Crippen LogP contribution in [0.2, 0.25) is 0 Å². The Morgan fingerprint density at radius 1 is 1.37 bits per heavy atom. The molecule has 0 spiro atoms. The molecule has 1 aromatic carbocycles. The van der Waals surface area contributed by atoms with Gasteiger partial charge >= 0.3 is 0 Å². The molecular formula is C15H22N2O2. The second-order valence-corrected chi connectivity index (χ2v) is 4.23. The van der Waals surface area contributed by atoms with Crippen LogP contribution in [-0.4, -0.2) is 19.8 Å². The highest BCUT2D eigenvalue weighted by molar-refractivity contribution is 5.46. The van der Waals surface area contributed by atoms with E-state index in [0.717, 1.165) is 23.5 Å². The zero-order valence-electron chi connectivity index (χ0n) is 11.9. The topological polar surface area (TPSA) is 54.3 Å². The number of benzene rings is 1. The summed E-state index contributed by atoms with van der Waals surface area (Å²) in [5, 5.41) is 12.1. The Morgan fingerprint density at radius 3 is 2.74 bits per heavy atom. The number of para-hydroxylation sites is 1. The number of nitriles is 1. The molecule has 0 aliphatic carbocycles. The van der Waals surface area contributed by atoms with E-state index in [-0.39, 0.29) is 6.04 Å². The van der Waals surface area contributed by atoms with Gasteiger partial charge in [0.15, 0.2) is 11.5 Å². The summed E-state index contributed by atoms with van der Waals surface area (Å²) in [5.74, 6) is 1.53. The fourth-order valence-electron chi connectivity index (χ4n) is 1.93. The van der Waals surface area contributed by atoms with Crippen molar-refractivity contribution in [1.82, 2.24) is 5.32 Å². The minimum absolute atomic E-state index is 0.213. The second-order valence-electron chi connectivity index (χ2n) is 4.23. The summed E-state index contributed by atoms with van der Waals surface area (Å²) in [6.45, 7) is 5.30. The van der Waals surface area contributed by atoms with Gasteiger partial charge in [-0.1, -0.05) is 19.1 Å². The summed E-state index contributed by atoms with van der Waals surface area (Å²) in [7, 11) is 1.65. The van der Waals surface area contributed by atoms with Crippen LogP contribution >= 0.6 is 0 Å². The minimum atomic E-state index is 0.213. The van der Waals surface area contributed by atoms with Gasteiger partial charge in [0.2, 0.25) is 0 Å². The van der Waals surface area contributed by atoms with Crippen molar-refractivity contribution in [2.75, 3.05) is 13.7 Å². The third-order valence-corrected chi connectivity index (χ3v) is 2.98. The second kappa shape index (κ2) is 8.39. The smallest absolute Gasteiger partial charge is 0.165 e. The van der Waals surface area contributed by atoms with Crippen LogP contribution < -0.4 is 14.8 Å². The quantitative estimate of drug-likeness (QED) is 0.782. The van der Waals surface area contributed by atoms with Gasteiger partial charge < -0.3 is 14.8 Å². The van der Waals surface area contributed by atoms with E-state index in [9.17, 15) is 0 Å².